The highest BCUT2D eigenvalue weighted by atomic mass is 16.5. The first-order chi connectivity index (χ1) is 7.10. The number of carbonyl (C=O) groups excluding carboxylic acids is 3. The molecule has 0 aromatic rings. The maximum absolute atomic E-state index is 11.5. The minimum atomic E-state index is -0.587. The van der Waals surface area contributed by atoms with E-state index < -0.39 is 12.0 Å². The summed E-state index contributed by atoms with van der Waals surface area (Å²) in [4.78, 5) is 34.8. The second-order valence-corrected chi connectivity index (χ2v) is 3.19. The Kier molecular flexibility index (Phi) is 3.79. The van der Waals surface area contributed by atoms with E-state index in [2.05, 4.69) is 10.1 Å². The van der Waals surface area contributed by atoms with Crippen LogP contribution in [-0.2, 0) is 19.1 Å². The van der Waals surface area contributed by atoms with Gasteiger partial charge in [0.1, 0.15) is 0 Å². The van der Waals surface area contributed by atoms with Crippen LogP contribution in [0.25, 0.3) is 0 Å². The second-order valence-electron chi connectivity index (χ2n) is 3.19. The Morgan fingerprint density at radius 3 is 2.73 bits per heavy atom. The maximum Gasteiger partial charge on any atom is 0.319 e. The van der Waals surface area contributed by atoms with Gasteiger partial charge in [-0.15, -0.1) is 0 Å². The molecule has 0 aliphatic carbocycles. The van der Waals surface area contributed by atoms with E-state index in [1.807, 2.05) is 0 Å². The number of esters is 1. The molecule has 0 bridgehead atoms. The summed E-state index contributed by atoms with van der Waals surface area (Å²) < 4.78 is 4.41. The summed E-state index contributed by atoms with van der Waals surface area (Å²) in [5, 5.41) is 2.69. The molecule has 1 aliphatic rings. The Bertz CT molecular complexity index is 290. The fourth-order valence-corrected chi connectivity index (χ4v) is 1.45. The molecule has 0 saturated carbocycles. The highest BCUT2D eigenvalue weighted by Gasteiger charge is 2.37. The zero-order chi connectivity index (χ0) is 11.4. The van der Waals surface area contributed by atoms with Gasteiger partial charge in [0, 0.05) is 6.54 Å². The number of ether oxygens (including phenoxy) is 1. The van der Waals surface area contributed by atoms with Gasteiger partial charge in [-0.25, -0.2) is 0 Å². The zero-order valence-electron chi connectivity index (χ0n) is 8.78. The van der Waals surface area contributed by atoms with Gasteiger partial charge in [0.25, 0.3) is 0 Å². The molecule has 0 spiro atoms. The van der Waals surface area contributed by atoms with Crippen molar-refractivity contribution in [3.8, 4) is 0 Å². The van der Waals surface area contributed by atoms with E-state index in [1.54, 1.807) is 6.92 Å². The Balaban J connectivity index is 2.48. The lowest BCUT2D eigenvalue weighted by Crippen LogP contribution is -2.41. The normalized spacial score (nSPS) is 20.9. The van der Waals surface area contributed by atoms with Crippen molar-refractivity contribution in [3.63, 3.8) is 0 Å². The summed E-state index contributed by atoms with van der Waals surface area (Å²) >= 11 is 0. The van der Waals surface area contributed by atoms with E-state index in [4.69, 9.17) is 0 Å². The van der Waals surface area contributed by atoms with Crippen LogP contribution in [0.5, 0.6) is 0 Å². The number of hydrogen-bond acceptors (Lipinski definition) is 5. The Morgan fingerprint density at radius 2 is 2.27 bits per heavy atom. The number of methoxy groups -OCH3 is 1. The minimum absolute atomic E-state index is 0.0578. The number of nitrogens with zero attached hydrogens (tertiary/aromatic N) is 1. The number of nitrogens with one attached hydrogen (secondary N) is 1. The molecule has 84 valence electrons. The van der Waals surface area contributed by atoms with Crippen LogP contribution >= 0.6 is 0 Å². The van der Waals surface area contributed by atoms with Gasteiger partial charge in [-0.1, -0.05) is 0 Å². The molecule has 1 aliphatic heterocycles. The molecule has 1 rings (SSSR count). The van der Waals surface area contributed by atoms with Crippen LogP contribution in [0.3, 0.4) is 0 Å². The first-order valence-corrected chi connectivity index (χ1v) is 4.74. The monoisotopic (exact) mass is 214 g/mol. The predicted octanol–water partition coefficient (Wildman–Crippen LogP) is -1.10. The molecule has 2 amide bonds. The van der Waals surface area contributed by atoms with E-state index in [1.165, 1.54) is 12.0 Å². The van der Waals surface area contributed by atoms with Gasteiger partial charge in [0.2, 0.25) is 11.8 Å². The van der Waals surface area contributed by atoms with Crippen molar-refractivity contribution in [1.29, 1.82) is 0 Å². The van der Waals surface area contributed by atoms with Crippen LogP contribution < -0.4 is 5.32 Å². The molecule has 1 atom stereocenters. The van der Waals surface area contributed by atoms with Gasteiger partial charge in [-0.2, -0.15) is 0 Å². The van der Waals surface area contributed by atoms with Gasteiger partial charge in [0.15, 0.2) is 0 Å². The molecule has 6 heteroatoms. The molecular formula is C9H14N2O4. The number of amides is 2. The number of hydrogen-bond donors (Lipinski definition) is 1. The third-order valence-corrected chi connectivity index (χ3v) is 2.28. The van der Waals surface area contributed by atoms with Crippen molar-refractivity contribution >= 4 is 17.8 Å². The van der Waals surface area contributed by atoms with E-state index in [-0.39, 0.29) is 24.8 Å². The van der Waals surface area contributed by atoms with E-state index in [0.717, 1.165) is 0 Å². The Labute approximate surface area is 87.6 Å². The summed E-state index contributed by atoms with van der Waals surface area (Å²) in [7, 11) is 1.27. The van der Waals surface area contributed by atoms with Gasteiger partial charge in [-0.05, 0) is 6.92 Å². The van der Waals surface area contributed by atoms with Crippen LogP contribution in [0, 0.1) is 0 Å². The van der Waals surface area contributed by atoms with Crippen molar-refractivity contribution in [2.75, 3.05) is 20.2 Å². The van der Waals surface area contributed by atoms with Crippen LogP contribution in [0.15, 0.2) is 0 Å². The third kappa shape index (κ3) is 2.53. The maximum atomic E-state index is 11.5. The van der Waals surface area contributed by atoms with E-state index in [0.29, 0.717) is 6.54 Å². The minimum Gasteiger partial charge on any atom is -0.468 e. The summed E-state index contributed by atoms with van der Waals surface area (Å²) in [5.74, 6) is -0.929. The standard InChI is InChI=1S/C9H14N2O4/c1-3-11-7(12)4-6(9(11)14)10-5-8(13)15-2/h6,10H,3-5H2,1-2H3. The van der Waals surface area contributed by atoms with Crippen molar-refractivity contribution < 1.29 is 19.1 Å². The summed E-state index contributed by atoms with van der Waals surface area (Å²) in [5.41, 5.74) is 0. The summed E-state index contributed by atoms with van der Waals surface area (Å²) in [6.07, 6.45) is 0.115. The predicted molar refractivity (Wildman–Crippen MR) is 50.8 cm³/mol. The molecule has 1 unspecified atom stereocenters. The lowest BCUT2D eigenvalue weighted by molar-refractivity contribution is -0.139. The molecule has 0 aromatic carbocycles. The number of likely N-dealkylation sites (tertiary alicyclic amines) is 1. The molecule has 0 aromatic heterocycles. The highest BCUT2D eigenvalue weighted by molar-refractivity contribution is 6.05. The van der Waals surface area contributed by atoms with Gasteiger partial charge >= 0.3 is 5.97 Å². The fraction of sp³-hybridized carbons (Fsp3) is 0.667. The Morgan fingerprint density at radius 1 is 1.60 bits per heavy atom. The number of carbonyl (C=O) groups is 3. The summed E-state index contributed by atoms with van der Waals surface area (Å²) in [6, 6.07) is -0.587. The first-order valence-electron chi connectivity index (χ1n) is 4.74. The van der Waals surface area contributed by atoms with Gasteiger partial charge < -0.3 is 4.74 Å². The first kappa shape index (κ1) is 11.6. The molecule has 1 fully saturated rings. The highest BCUT2D eigenvalue weighted by Crippen LogP contribution is 2.11. The van der Waals surface area contributed by atoms with E-state index in [9.17, 15) is 14.4 Å². The topological polar surface area (TPSA) is 75.7 Å². The van der Waals surface area contributed by atoms with Crippen molar-refractivity contribution in [2.24, 2.45) is 0 Å². The van der Waals surface area contributed by atoms with Crippen LogP contribution in [0.2, 0.25) is 0 Å². The number of imide groups is 1. The lowest BCUT2D eigenvalue weighted by Gasteiger charge is -2.12. The quantitative estimate of drug-likeness (QED) is 0.474. The van der Waals surface area contributed by atoms with E-state index >= 15 is 0 Å². The molecular weight excluding hydrogens is 200 g/mol. The average Bonchev–Trinajstić information content (AvgIpc) is 2.50. The van der Waals surface area contributed by atoms with Crippen LogP contribution in [-0.4, -0.2) is 48.9 Å². The van der Waals surface area contributed by atoms with Crippen molar-refractivity contribution in [3.05, 3.63) is 0 Å². The third-order valence-electron chi connectivity index (χ3n) is 2.28. The SMILES string of the molecule is CCN1C(=O)CC(NCC(=O)OC)C1=O. The molecule has 1 saturated heterocycles. The number of likely N-dealkylation sites (N-methyl/N-ethyl adjacent to an activating group) is 1. The van der Waals surface area contributed by atoms with Gasteiger partial charge in [0.05, 0.1) is 26.1 Å². The summed E-state index contributed by atoms with van der Waals surface area (Å²) in [6.45, 7) is 2.05. The zero-order valence-corrected chi connectivity index (χ0v) is 8.78. The molecule has 1 N–H and O–H groups in total. The van der Waals surface area contributed by atoms with Crippen molar-refractivity contribution in [1.82, 2.24) is 10.2 Å². The van der Waals surface area contributed by atoms with Crippen molar-refractivity contribution in [2.45, 2.75) is 19.4 Å². The van der Waals surface area contributed by atoms with Gasteiger partial charge in [-0.3, -0.25) is 24.6 Å². The Hall–Kier alpha value is -1.43. The molecule has 0 radical (unpaired) electrons. The lowest BCUT2D eigenvalue weighted by atomic mass is 10.2. The largest absolute Gasteiger partial charge is 0.468 e. The second kappa shape index (κ2) is 4.88. The molecule has 6 nitrogen and oxygen atoms in total. The molecule has 1 heterocycles. The molecule has 15 heavy (non-hydrogen) atoms. The average molecular weight is 214 g/mol. The smallest absolute Gasteiger partial charge is 0.319 e. The number of rotatable bonds is 4. The fourth-order valence-electron chi connectivity index (χ4n) is 1.45. The van der Waals surface area contributed by atoms with Crippen LogP contribution in [0.1, 0.15) is 13.3 Å². The van der Waals surface area contributed by atoms with Crippen LogP contribution in [0.4, 0.5) is 0 Å².